The number of hydrogen-bond donors (Lipinski definition) is 0. The van der Waals surface area contributed by atoms with Gasteiger partial charge >= 0.3 is 0 Å². The van der Waals surface area contributed by atoms with Gasteiger partial charge in [0, 0.05) is 48.0 Å². The summed E-state index contributed by atoms with van der Waals surface area (Å²) >= 11 is 1.86. The molecule has 0 atom stereocenters. The fraction of sp³-hybridized carbons (Fsp3) is 0. The van der Waals surface area contributed by atoms with E-state index in [0.29, 0.717) is 0 Å². The SMILES string of the molecule is c1cc(-c2ccc3ccccc3c2)cc(N(c2ccc(-c3ccc4c(c3)oc3ccccc34)cc2)c2cccc(-c3ccc4sc5ccccc5c4c3)c2)c1. The van der Waals surface area contributed by atoms with Crippen LogP contribution < -0.4 is 4.90 Å². The van der Waals surface area contributed by atoms with E-state index in [9.17, 15) is 0 Å². The van der Waals surface area contributed by atoms with Gasteiger partial charge in [-0.2, -0.15) is 0 Å². The third-order valence-electron chi connectivity index (χ3n) is 10.8. The van der Waals surface area contributed by atoms with Gasteiger partial charge in [-0.1, -0.05) is 121 Å². The highest BCUT2D eigenvalue weighted by molar-refractivity contribution is 7.25. The first kappa shape index (κ1) is 31.6. The molecule has 258 valence electrons. The van der Waals surface area contributed by atoms with Gasteiger partial charge in [-0.3, -0.25) is 0 Å². The smallest absolute Gasteiger partial charge is 0.136 e. The van der Waals surface area contributed by atoms with E-state index < -0.39 is 0 Å². The molecule has 2 aromatic heterocycles. The largest absolute Gasteiger partial charge is 0.456 e. The molecular formula is C52H33NOS. The second-order valence-electron chi connectivity index (χ2n) is 14.2. The summed E-state index contributed by atoms with van der Waals surface area (Å²) in [4.78, 5) is 2.37. The molecule has 0 unspecified atom stereocenters. The lowest BCUT2D eigenvalue weighted by Gasteiger charge is -2.27. The number of para-hydroxylation sites is 1. The quantitative estimate of drug-likeness (QED) is 0.170. The monoisotopic (exact) mass is 719 g/mol. The zero-order valence-electron chi connectivity index (χ0n) is 29.8. The van der Waals surface area contributed by atoms with E-state index in [2.05, 4.69) is 193 Å². The summed E-state index contributed by atoms with van der Waals surface area (Å²) in [5, 5.41) is 7.38. The predicted octanol–water partition coefficient (Wildman–Crippen LogP) is 15.6. The molecule has 0 saturated carbocycles. The molecule has 0 aliphatic rings. The van der Waals surface area contributed by atoms with Gasteiger partial charge in [0.25, 0.3) is 0 Å². The third kappa shape index (κ3) is 5.56. The number of fused-ring (bicyclic) bond motifs is 7. The Kier molecular flexibility index (Phi) is 7.39. The Balaban J connectivity index is 1.02. The van der Waals surface area contributed by atoms with Crippen LogP contribution in [-0.2, 0) is 0 Å². The van der Waals surface area contributed by atoms with Gasteiger partial charge in [0.15, 0.2) is 0 Å². The van der Waals surface area contributed by atoms with Crippen molar-refractivity contribution in [2.45, 2.75) is 0 Å². The van der Waals surface area contributed by atoms with E-state index >= 15 is 0 Å². The van der Waals surface area contributed by atoms with E-state index in [0.717, 1.165) is 50.1 Å². The number of benzene rings is 9. The molecule has 9 aromatic carbocycles. The summed E-state index contributed by atoms with van der Waals surface area (Å²) in [5.41, 5.74) is 12.1. The number of rotatable bonds is 6. The maximum atomic E-state index is 6.24. The lowest BCUT2D eigenvalue weighted by Crippen LogP contribution is -2.10. The summed E-state index contributed by atoms with van der Waals surface area (Å²) in [6, 6.07) is 72.4. The molecule has 11 rings (SSSR count). The normalized spacial score (nSPS) is 11.6. The van der Waals surface area contributed by atoms with Crippen molar-refractivity contribution >= 4 is 81.3 Å². The summed E-state index contributed by atoms with van der Waals surface area (Å²) in [6.45, 7) is 0. The Morgan fingerprint density at radius 3 is 1.71 bits per heavy atom. The molecule has 0 bridgehead atoms. The van der Waals surface area contributed by atoms with Crippen molar-refractivity contribution in [3.05, 3.63) is 200 Å². The van der Waals surface area contributed by atoms with Crippen LogP contribution in [0.5, 0.6) is 0 Å². The van der Waals surface area contributed by atoms with Crippen molar-refractivity contribution < 1.29 is 4.42 Å². The van der Waals surface area contributed by atoms with Gasteiger partial charge in [-0.25, -0.2) is 0 Å². The van der Waals surface area contributed by atoms with Crippen LogP contribution in [0.1, 0.15) is 0 Å². The molecule has 3 heteroatoms. The average Bonchev–Trinajstić information content (AvgIpc) is 3.82. The van der Waals surface area contributed by atoms with Crippen molar-refractivity contribution in [1.29, 1.82) is 0 Å². The van der Waals surface area contributed by atoms with Crippen LogP contribution in [0.4, 0.5) is 17.1 Å². The van der Waals surface area contributed by atoms with E-state index in [-0.39, 0.29) is 0 Å². The van der Waals surface area contributed by atoms with Gasteiger partial charge < -0.3 is 9.32 Å². The van der Waals surface area contributed by atoms with E-state index in [1.54, 1.807) is 0 Å². The zero-order valence-corrected chi connectivity index (χ0v) is 30.6. The molecular weight excluding hydrogens is 687 g/mol. The second kappa shape index (κ2) is 12.9. The first-order valence-corrected chi connectivity index (χ1v) is 19.5. The molecule has 2 nitrogen and oxygen atoms in total. The van der Waals surface area contributed by atoms with Gasteiger partial charge in [0.2, 0.25) is 0 Å². The van der Waals surface area contributed by atoms with Crippen LogP contribution in [0.2, 0.25) is 0 Å². The average molecular weight is 720 g/mol. The lowest BCUT2D eigenvalue weighted by molar-refractivity contribution is 0.669. The highest BCUT2D eigenvalue weighted by atomic mass is 32.1. The summed E-state index contributed by atoms with van der Waals surface area (Å²) in [6.07, 6.45) is 0. The molecule has 0 fully saturated rings. The van der Waals surface area contributed by atoms with E-state index in [1.807, 2.05) is 23.5 Å². The highest BCUT2D eigenvalue weighted by Crippen LogP contribution is 2.41. The molecule has 0 N–H and O–H groups in total. The fourth-order valence-corrected chi connectivity index (χ4v) is 9.17. The number of nitrogens with zero attached hydrogens (tertiary/aromatic N) is 1. The van der Waals surface area contributed by atoms with Crippen LogP contribution in [-0.4, -0.2) is 0 Å². The molecule has 0 saturated heterocycles. The van der Waals surface area contributed by atoms with Crippen molar-refractivity contribution in [3.8, 4) is 33.4 Å². The van der Waals surface area contributed by atoms with Gasteiger partial charge in [-0.05, 0) is 123 Å². The standard InChI is InChI=1S/C52H33NOS/c1-2-10-36-29-39(20-19-34(36)9-1)37-11-7-13-43(30-37)53(42-25-21-35(22-26-42)41-23-27-46-45-15-3-5-17-49(45)54-50(46)33-41)44-14-8-12-38(31-44)40-24-28-52-48(32-40)47-16-4-6-18-51(47)55-52/h1-33H. The van der Waals surface area contributed by atoms with Gasteiger partial charge in [-0.15, -0.1) is 11.3 Å². The van der Waals surface area contributed by atoms with Crippen molar-refractivity contribution in [3.63, 3.8) is 0 Å². The van der Waals surface area contributed by atoms with Crippen LogP contribution in [0.3, 0.4) is 0 Å². The zero-order chi connectivity index (χ0) is 36.3. The van der Waals surface area contributed by atoms with Crippen molar-refractivity contribution in [2.24, 2.45) is 0 Å². The maximum absolute atomic E-state index is 6.24. The number of thiophene rings is 1. The second-order valence-corrected chi connectivity index (χ2v) is 15.2. The Hall–Kier alpha value is -6.94. The Morgan fingerprint density at radius 2 is 0.891 bits per heavy atom. The number of hydrogen-bond acceptors (Lipinski definition) is 3. The highest BCUT2D eigenvalue weighted by Gasteiger charge is 2.16. The number of anilines is 3. The summed E-state index contributed by atoms with van der Waals surface area (Å²) in [5.74, 6) is 0. The van der Waals surface area contributed by atoms with Crippen LogP contribution >= 0.6 is 11.3 Å². The third-order valence-corrected chi connectivity index (χ3v) is 12.0. The molecule has 0 spiro atoms. The Bertz CT molecular complexity index is 3220. The molecule has 11 aromatic rings. The van der Waals surface area contributed by atoms with Crippen LogP contribution in [0, 0.1) is 0 Å². The van der Waals surface area contributed by atoms with E-state index in [4.69, 9.17) is 4.42 Å². The predicted molar refractivity (Wildman–Crippen MR) is 235 cm³/mol. The number of furan rings is 1. The molecule has 0 aliphatic heterocycles. The summed E-state index contributed by atoms with van der Waals surface area (Å²) in [7, 11) is 0. The molecule has 2 heterocycles. The molecule has 55 heavy (non-hydrogen) atoms. The van der Waals surface area contributed by atoms with E-state index in [1.165, 1.54) is 53.2 Å². The van der Waals surface area contributed by atoms with Gasteiger partial charge in [0.1, 0.15) is 11.2 Å². The minimum absolute atomic E-state index is 0.903. The fourth-order valence-electron chi connectivity index (χ4n) is 8.08. The first-order valence-electron chi connectivity index (χ1n) is 18.6. The van der Waals surface area contributed by atoms with Crippen LogP contribution in [0.25, 0.3) is 86.3 Å². The van der Waals surface area contributed by atoms with Crippen molar-refractivity contribution in [2.75, 3.05) is 4.90 Å². The Morgan fingerprint density at radius 1 is 0.309 bits per heavy atom. The lowest BCUT2D eigenvalue weighted by atomic mass is 9.99. The minimum atomic E-state index is 0.903. The molecule has 0 amide bonds. The van der Waals surface area contributed by atoms with Gasteiger partial charge in [0.05, 0.1) is 0 Å². The van der Waals surface area contributed by atoms with Crippen molar-refractivity contribution in [1.82, 2.24) is 0 Å². The molecule has 0 aliphatic carbocycles. The maximum Gasteiger partial charge on any atom is 0.136 e. The first-order chi connectivity index (χ1) is 27.2. The topological polar surface area (TPSA) is 16.4 Å². The minimum Gasteiger partial charge on any atom is -0.456 e. The van der Waals surface area contributed by atoms with Crippen LogP contribution in [0.15, 0.2) is 205 Å². The Labute approximate surface area is 322 Å². The summed E-state index contributed by atoms with van der Waals surface area (Å²) < 4.78 is 8.88. The molecule has 0 radical (unpaired) electrons.